The summed E-state index contributed by atoms with van der Waals surface area (Å²) in [6.45, 7) is 2.34. The van der Waals surface area contributed by atoms with Crippen LogP contribution in [0.4, 0.5) is 5.69 Å². The molecule has 6 nitrogen and oxygen atoms in total. The second kappa shape index (κ2) is 9.72. The normalized spacial score (nSPS) is 10.4. The molecule has 0 N–H and O–H groups in total. The number of aryl methyl sites for hydroxylation is 1. The first-order valence-electron chi connectivity index (χ1n) is 8.89. The molecule has 1 aromatic heterocycles. The zero-order valence-electron chi connectivity index (χ0n) is 15.5. The van der Waals surface area contributed by atoms with Crippen LogP contribution in [-0.4, -0.2) is 28.4 Å². The molecule has 0 saturated carbocycles. The Morgan fingerprint density at radius 3 is 2.61 bits per heavy atom. The summed E-state index contributed by atoms with van der Waals surface area (Å²) in [6.07, 6.45) is 0.825. The van der Waals surface area contributed by atoms with Gasteiger partial charge in [-0.3, -0.25) is 4.79 Å². The summed E-state index contributed by atoms with van der Waals surface area (Å²) in [6, 6.07) is 19.6. The highest BCUT2D eigenvalue weighted by molar-refractivity contribution is 7.99. The Labute approximate surface area is 168 Å². The van der Waals surface area contributed by atoms with Crippen molar-refractivity contribution in [3.63, 3.8) is 0 Å². The number of nitrogens with zero attached hydrogens (tertiary/aromatic N) is 4. The second-order valence-electron chi connectivity index (χ2n) is 6.20. The highest BCUT2D eigenvalue weighted by Crippen LogP contribution is 2.21. The van der Waals surface area contributed by atoms with E-state index in [2.05, 4.69) is 16.3 Å². The third kappa shape index (κ3) is 5.44. The van der Waals surface area contributed by atoms with Crippen LogP contribution in [0.2, 0.25) is 0 Å². The maximum atomic E-state index is 12.7. The van der Waals surface area contributed by atoms with Crippen LogP contribution in [0.3, 0.4) is 0 Å². The lowest BCUT2D eigenvalue weighted by atomic mass is 10.2. The molecule has 0 aliphatic heterocycles. The number of amides is 1. The molecular formula is C21H20N4O2S. The highest BCUT2D eigenvalue weighted by Gasteiger charge is 2.17. The van der Waals surface area contributed by atoms with Gasteiger partial charge in [-0.15, -0.1) is 10.2 Å². The number of hydrogen-bond donors (Lipinski definition) is 0. The highest BCUT2D eigenvalue weighted by atomic mass is 32.2. The Bertz CT molecular complexity index is 949. The van der Waals surface area contributed by atoms with Gasteiger partial charge in [0, 0.05) is 12.2 Å². The molecule has 3 rings (SSSR count). The lowest BCUT2D eigenvalue weighted by molar-refractivity contribution is -0.116. The van der Waals surface area contributed by atoms with Crippen LogP contribution in [0.15, 0.2) is 64.2 Å². The van der Waals surface area contributed by atoms with Gasteiger partial charge >= 0.3 is 0 Å². The monoisotopic (exact) mass is 392 g/mol. The topological polar surface area (TPSA) is 83.0 Å². The summed E-state index contributed by atoms with van der Waals surface area (Å²) in [5.41, 5.74) is 2.98. The molecule has 7 heteroatoms. The predicted molar refractivity (Wildman–Crippen MR) is 108 cm³/mol. The molecule has 0 atom stereocenters. The molecule has 3 aromatic rings. The SMILES string of the molecule is Cc1ccc(N(CCC#N)C(=O)CSc2nnc(Cc3ccccc3)o2)cc1. The smallest absolute Gasteiger partial charge is 0.277 e. The minimum atomic E-state index is -0.105. The van der Waals surface area contributed by atoms with Crippen LogP contribution in [0.1, 0.15) is 23.4 Å². The Hall–Kier alpha value is -3.11. The van der Waals surface area contributed by atoms with Crippen molar-refractivity contribution < 1.29 is 9.21 Å². The molecule has 0 aliphatic carbocycles. The molecule has 1 amide bonds. The minimum Gasteiger partial charge on any atom is -0.416 e. The Kier molecular flexibility index (Phi) is 6.82. The third-order valence-electron chi connectivity index (χ3n) is 4.06. The summed E-state index contributed by atoms with van der Waals surface area (Å²) in [7, 11) is 0. The molecule has 0 radical (unpaired) electrons. The number of aromatic nitrogens is 2. The lowest BCUT2D eigenvalue weighted by Crippen LogP contribution is -2.33. The average molecular weight is 392 g/mol. The van der Waals surface area contributed by atoms with Crippen LogP contribution >= 0.6 is 11.8 Å². The van der Waals surface area contributed by atoms with E-state index in [4.69, 9.17) is 9.68 Å². The zero-order valence-corrected chi connectivity index (χ0v) is 16.4. The van der Waals surface area contributed by atoms with Crippen LogP contribution in [0, 0.1) is 18.3 Å². The summed E-state index contributed by atoms with van der Waals surface area (Å²) in [4.78, 5) is 14.3. The molecule has 0 aliphatic rings. The fraction of sp³-hybridized carbons (Fsp3) is 0.238. The number of anilines is 1. The molecule has 0 fully saturated rings. The van der Waals surface area contributed by atoms with Crippen molar-refractivity contribution in [1.29, 1.82) is 5.26 Å². The number of thioether (sulfide) groups is 1. The van der Waals surface area contributed by atoms with Crippen LogP contribution < -0.4 is 4.90 Å². The number of carbonyl (C=O) groups is 1. The second-order valence-corrected chi connectivity index (χ2v) is 7.13. The standard InChI is InChI=1S/C21H20N4O2S/c1-16-8-10-18(11-9-16)25(13-5-12-22)20(26)15-28-21-24-23-19(27-21)14-17-6-3-2-4-7-17/h2-4,6-11H,5,13-15H2,1H3. The summed E-state index contributed by atoms with van der Waals surface area (Å²) in [5.74, 6) is 0.569. The zero-order chi connectivity index (χ0) is 19.8. The molecule has 2 aromatic carbocycles. The Morgan fingerprint density at radius 1 is 1.14 bits per heavy atom. The van der Waals surface area contributed by atoms with Gasteiger partial charge in [0.25, 0.3) is 5.22 Å². The van der Waals surface area contributed by atoms with Gasteiger partial charge in [-0.05, 0) is 24.6 Å². The van der Waals surface area contributed by atoms with Gasteiger partial charge in [0.15, 0.2) is 0 Å². The van der Waals surface area contributed by atoms with Crippen molar-refractivity contribution >= 4 is 23.4 Å². The van der Waals surface area contributed by atoms with Gasteiger partial charge in [0.2, 0.25) is 11.8 Å². The molecule has 1 heterocycles. The van der Waals surface area contributed by atoms with Gasteiger partial charge in [0.1, 0.15) is 0 Å². The fourth-order valence-electron chi connectivity index (χ4n) is 2.62. The van der Waals surface area contributed by atoms with Gasteiger partial charge in [-0.1, -0.05) is 59.8 Å². The van der Waals surface area contributed by atoms with E-state index in [-0.39, 0.29) is 18.1 Å². The molecular weight excluding hydrogens is 372 g/mol. The van der Waals surface area contributed by atoms with E-state index in [0.717, 1.165) is 16.8 Å². The largest absolute Gasteiger partial charge is 0.416 e. The minimum absolute atomic E-state index is 0.105. The molecule has 0 saturated heterocycles. The first kappa shape index (κ1) is 19.6. The third-order valence-corrected chi connectivity index (χ3v) is 4.86. The van der Waals surface area contributed by atoms with E-state index in [1.165, 1.54) is 11.8 Å². The van der Waals surface area contributed by atoms with Crippen LogP contribution in [0.25, 0.3) is 0 Å². The van der Waals surface area contributed by atoms with Crippen LogP contribution in [-0.2, 0) is 11.2 Å². The quantitative estimate of drug-likeness (QED) is 0.539. The first-order chi connectivity index (χ1) is 13.7. The maximum Gasteiger partial charge on any atom is 0.277 e. The molecule has 142 valence electrons. The van der Waals surface area contributed by atoms with Crippen molar-refractivity contribution in [1.82, 2.24) is 10.2 Å². The van der Waals surface area contributed by atoms with E-state index in [9.17, 15) is 4.79 Å². The summed E-state index contributed by atoms with van der Waals surface area (Å²) in [5, 5.41) is 17.3. The van der Waals surface area contributed by atoms with Crippen molar-refractivity contribution in [2.75, 3.05) is 17.2 Å². The maximum absolute atomic E-state index is 12.7. The van der Waals surface area contributed by atoms with E-state index in [1.54, 1.807) is 4.90 Å². The lowest BCUT2D eigenvalue weighted by Gasteiger charge is -2.21. The number of rotatable bonds is 8. The van der Waals surface area contributed by atoms with E-state index >= 15 is 0 Å². The van der Waals surface area contributed by atoms with Gasteiger partial charge in [-0.25, -0.2) is 0 Å². The van der Waals surface area contributed by atoms with Crippen molar-refractivity contribution in [3.8, 4) is 6.07 Å². The number of carbonyl (C=O) groups excluding carboxylic acids is 1. The van der Waals surface area contributed by atoms with Gasteiger partial charge < -0.3 is 9.32 Å². The molecule has 0 spiro atoms. The van der Waals surface area contributed by atoms with Crippen molar-refractivity contribution in [3.05, 3.63) is 71.6 Å². The molecule has 0 bridgehead atoms. The van der Waals surface area contributed by atoms with E-state index in [0.29, 0.717) is 24.1 Å². The summed E-state index contributed by atoms with van der Waals surface area (Å²) >= 11 is 1.21. The average Bonchev–Trinajstić information content (AvgIpc) is 3.16. The Balaban J connectivity index is 1.61. The van der Waals surface area contributed by atoms with E-state index < -0.39 is 0 Å². The van der Waals surface area contributed by atoms with Gasteiger partial charge in [-0.2, -0.15) is 5.26 Å². The number of nitriles is 1. The van der Waals surface area contributed by atoms with Crippen molar-refractivity contribution in [2.45, 2.75) is 25.0 Å². The fourth-order valence-corrected chi connectivity index (χ4v) is 3.28. The summed E-state index contributed by atoms with van der Waals surface area (Å²) < 4.78 is 5.64. The number of benzene rings is 2. The molecule has 0 unspecified atom stereocenters. The van der Waals surface area contributed by atoms with E-state index in [1.807, 2.05) is 61.5 Å². The van der Waals surface area contributed by atoms with Gasteiger partial charge in [0.05, 0.1) is 24.7 Å². The molecule has 28 heavy (non-hydrogen) atoms. The van der Waals surface area contributed by atoms with Crippen molar-refractivity contribution in [2.24, 2.45) is 0 Å². The predicted octanol–water partition coefficient (Wildman–Crippen LogP) is 4.01. The number of hydrogen-bond acceptors (Lipinski definition) is 6. The van der Waals surface area contributed by atoms with Crippen LogP contribution in [0.5, 0.6) is 0 Å². The Morgan fingerprint density at radius 2 is 1.89 bits per heavy atom. The first-order valence-corrected chi connectivity index (χ1v) is 9.87.